The Morgan fingerprint density at radius 3 is 2.75 bits per heavy atom. The van der Waals surface area contributed by atoms with E-state index in [4.69, 9.17) is 5.73 Å². The molecule has 2 aromatic heterocycles. The van der Waals surface area contributed by atoms with Gasteiger partial charge in [-0.25, -0.2) is 4.98 Å². The minimum Gasteiger partial charge on any atom is -0.399 e. The normalized spacial score (nSPS) is 11.2. The lowest BCUT2D eigenvalue weighted by Gasteiger charge is -2.04. The first kappa shape index (κ1) is 12.5. The maximum Gasteiger partial charge on any atom is 0.269 e. The summed E-state index contributed by atoms with van der Waals surface area (Å²) in [6.07, 6.45) is 0. The van der Waals surface area contributed by atoms with Gasteiger partial charge in [0.05, 0.1) is 11.2 Å². The Hall–Kier alpha value is -2.56. The van der Waals surface area contributed by atoms with Crippen LogP contribution < -0.4 is 11.1 Å². The number of pyridine rings is 1. The van der Waals surface area contributed by atoms with Crippen LogP contribution >= 0.6 is 0 Å². The molecule has 3 N–H and O–H groups in total. The van der Waals surface area contributed by atoms with E-state index in [9.17, 15) is 4.79 Å². The number of anilines is 1. The molecule has 5 heteroatoms. The van der Waals surface area contributed by atoms with E-state index in [1.807, 2.05) is 38.2 Å². The van der Waals surface area contributed by atoms with Crippen LogP contribution in [0.1, 0.15) is 16.2 Å². The van der Waals surface area contributed by atoms with E-state index >= 15 is 0 Å². The number of nitrogens with one attached hydrogen (secondary N) is 1. The molecule has 2 heterocycles. The Kier molecular flexibility index (Phi) is 2.64. The van der Waals surface area contributed by atoms with Crippen LogP contribution in [0, 0.1) is 6.92 Å². The van der Waals surface area contributed by atoms with Crippen LogP contribution in [0.25, 0.3) is 21.8 Å². The molecule has 102 valence electrons. The zero-order chi connectivity index (χ0) is 14.4. The van der Waals surface area contributed by atoms with Gasteiger partial charge in [0, 0.05) is 36.1 Å². The number of aryl methyl sites for hydroxylation is 2. The van der Waals surface area contributed by atoms with E-state index in [1.165, 1.54) is 0 Å². The molecule has 5 nitrogen and oxygen atoms in total. The lowest BCUT2D eigenvalue weighted by molar-refractivity contribution is 0.0958. The number of hydrogen-bond acceptors (Lipinski definition) is 3. The van der Waals surface area contributed by atoms with Crippen molar-refractivity contribution in [3.63, 3.8) is 0 Å². The third kappa shape index (κ3) is 1.63. The molecule has 0 spiro atoms. The number of carbonyl (C=O) groups is 1. The van der Waals surface area contributed by atoms with E-state index in [2.05, 4.69) is 14.9 Å². The second kappa shape index (κ2) is 4.23. The largest absolute Gasteiger partial charge is 0.399 e. The van der Waals surface area contributed by atoms with E-state index in [-0.39, 0.29) is 5.91 Å². The summed E-state index contributed by atoms with van der Waals surface area (Å²) in [5.74, 6) is -0.184. The molecular weight excluding hydrogens is 252 g/mol. The van der Waals surface area contributed by atoms with Gasteiger partial charge in [0.15, 0.2) is 0 Å². The van der Waals surface area contributed by atoms with Gasteiger partial charge in [-0.3, -0.25) is 4.79 Å². The molecule has 3 rings (SSSR count). The Labute approximate surface area is 116 Å². The highest BCUT2D eigenvalue weighted by Crippen LogP contribution is 2.31. The third-order valence-electron chi connectivity index (χ3n) is 3.63. The quantitative estimate of drug-likeness (QED) is 0.663. The van der Waals surface area contributed by atoms with Gasteiger partial charge in [-0.1, -0.05) is 0 Å². The van der Waals surface area contributed by atoms with Gasteiger partial charge >= 0.3 is 0 Å². The molecule has 1 aromatic carbocycles. The Bertz CT molecular complexity index is 848. The summed E-state index contributed by atoms with van der Waals surface area (Å²) < 4.78 is 2.08. The lowest BCUT2D eigenvalue weighted by atomic mass is 10.1. The molecule has 0 saturated carbocycles. The van der Waals surface area contributed by atoms with E-state index in [0.29, 0.717) is 11.4 Å². The van der Waals surface area contributed by atoms with Crippen LogP contribution in [0.2, 0.25) is 0 Å². The molecule has 0 radical (unpaired) electrons. The summed E-state index contributed by atoms with van der Waals surface area (Å²) in [6, 6.07) is 7.63. The Morgan fingerprint density at radius 2 is 2.05 bits per heavy atom. The molecular formula is C15H16N4O. The van der Waals surface area contributed by atoms with Crippen LogP contribution in [-0.4, -0.2) is 22.5 Å². The van der Waals surface area contributed by atoms with Crippen molar-refractivity contribution in [2.45, 2.75) is 6.92 Å². The van der Waals surface area contributed by atoms with Gasteiger partial charge in [-0.2, -0.15) is 0 Å². The zero-order valence-corrected chi connectivity index (χ0v) is 11.7. The molecule has 0 bridgehead atoms. The van der Waals surface area contributed by atoms with Crippen LogP contribution in [0.3, 0.4) is 0 Å². The Balaban J connectivity index is 2.48. The first-order valence-electron chi connectivity index (χ1n) is 6.40. The van der Waals surface area contributed by atoms with Gasteiger partial charge in [0.2, 0.25) is 0 Å². The first-order chi connectivity index (χ1) is 9.52. The number of hydrogen-bond donors (Lipinski definition) is 2. The molecule has 3 aromatic rings. The topological polar surface area (TPSA) is 72.9 Å². The lowest BCUT2D eigenvalue weighted by Crippen LogP contribution is -2.19. The molecule has 0 aliphatic carbocycles. The van der Waals surface area contributed by atoms with E-state index < -0.39 is 0 Å². The van der Waals surface area contributed by atoms with Gasteiger partial charge in [0.1, 0.15) is 5.69 Å². The van der Waals surface area contributed by atoms with Crippen molar-refractivity contribution in [2.75, 3.05) is 12.8 Å². The van der Waals surface area contributed by atoms with Gasteiger partial charge in [0.25, 0.3) is 5.91 Å². The van der Waals surface area contributed by atoms with Crippen molar-refractivity contribution in [3.05, 3.63) is 35.7 Å². The van der Waals surface area contributed by atoms with Crippen molar-refractivity contribution in [1.82, 2.24) is 14.9 Å². The smallest absolute Gasteiger partial charge is 0.269 e. The number of fused-ring (bicyclic) bond motifs is 3. The average molecular weight is 268 g/mol. The van der Waals surface area contributed by atoms with Crippen molar-refractivity contribution < 1.29 is 4.79 Å². The number of benzene rings is 1. The fraction of sp³-hybridized carbons (Fsp3) is 0.200. The highest BCUT2D eigenvalue weighted by Gasteiger charge is 2.15. The number of amides is 1. The molecule has 1 amide bonds. The van der Waals surface area contributed by atoms with Gasteiger partial charge in [-0.05, 0) is 31.2 Å². The second-order valence-corrected chi connectivity index (χ2v) is 4.90. The fourth-order valence-electron chi connectivity index (χ4n) is 2.72. The zero-order valence-electron chi connectivity index (χ0n) is 11.7. The van der Waals surface area contributed by atoms with Crippen molar-refractivity contribution in [2.24, 2.45) is 7.05 Å². The summed E-state index contributed by atoms with van der Waals surface area (Å²) >= 11 is 0. The van der Waals surface area contributed by atoms with E-state index in [1.54, 1.807) is 7.05 Å². The summed E-state index contributed by atoms with van der Waals surface area (Å²) in [7, 11) is 3.60. The van der Waals surface area contributed by atoms with Crippen LogP contribution in [-0.2, 0) is 7.05 Å². The van der Waals surface area contributed by atoms with Crippen molar-refractivity contribution >= 4 is 33.4 Å². The number of nitrogens with two attached hydrogens (primary N) is 1. The minimum atomic E-state index is -0.184. The second-order valence-electron chi connectivity index (χ2n) is 4.90. The molecule has 0 saturated heterocycles. The molecule has 0 aliphatic rings. The standard InChI is InChI=1S/C15H16N4O/c1-8-14-11(7-12(18-8)15(20)17-2)10-6-9(16)4-5-13(10)19(14)3/h4-7H,16H2,1-3H3,(H,17,20). The third-order valence-corrected chi connectivity index (χ3v) is 3.63. The number of aromatic nitrogens is 2. The fourth-order valence-corrected chi connectivity index (χ4v) is 2.72. The SMILES string of the molecule is CNC(=O)c1cc2c3cc(N)ccc3n(C)c2c(C)n1. The highest BCUT2D eigenvalue weighted by molar-refractivity contribution is 6.11. The van der Waals surface area contributed by atoms with Crippen LogP contribution in [0.5, 0.6) is 0 Å². The average Bonchev–Trinajstić information content (AvgIpc) is 2.71. The summed E-state index contributed by atoms with van der Waals surface area (Å²) in [6.45, 7) is 1.91. The number of nitrogen functional groups attached to an aromatic ring is 1. The van der Waals surface area contributed by atoms with Crippen LogP contribution in [0.15, 0.2) is 24.3 Å². The van der Waals surface area contributed by atoms with Crippen LogP contribution in [0.4, 0.5) is 5.69 Å². The maximum absolute atomic E-state index is 11.8. The van der Waals surface area contributed by atoms with Crippen molar-refractivity contribution in [1.29, 1.82) is 0 Å². The monoisotopic (exact) mass is 268 g/mol. The van der Waals surface area contributed by atoms with Gasteiger partial charge in [-0.15, -0.1) is 0 Å². The minimum absolute atomic E-state index is 0.184. The maximum atomic E-state index is 11.8. The Morgan fingerprint density at radius 1 is 1.30 bits per heavy atom. The summed E-state index contributed by atoms with van der Waals surface area (Å²) in [5, 5.41) is 4.65. The molecule has 20 heavy (non-hydrogen) atoms. The summed E-state index contributed by atoms with van der Waals surface area (Å²) in [4.78, 5) is 16.2. The predicted octanol–water partition coefficient (Wildman–Crippen LogP) is 1.98. The molecule has 0 unspecified atom stereocenters. The number of rotatable bonds is 1. The van der Waals surface area contributed by atoms with Crippen molar-refractivity contribution in [3.8, 4) is 0 Å². The molecule has 0 aliphatic heterocycles. The predicted molar refractivity (Wildman–Crippen MR) is 80.8 cm³/mol. The van der Waals surface area contributed by atoms with Gasteiger partial charge < -0.3 is 15.6 Å². The van der Waals surface area contributed by atoms with E-state index in [0.717, 1.165) is 27.5 Å². The summed E-state index contributed by atoms with van der Waals surface area (Å²) in [5.41, 5.74) is 9.95. The molecule has 0 atom stereocenters. The molecule has 0 fully saturated rings. The highest BCUT2D eigenvalue weighted by atomic mass is 16.1. The number of nitrogens with zero attached hydrogens (tertiary/aromatic N) is 2. The first-order valence-corrected chi connectivity index (χ1v) is 6.40. The number of carbonyl (C=O) groups excluding carboxylic acids is 1.